The summed E-state index contributed by atoms with van der Waals surface area (Å²) in [7, 11) is 0. The second-order valence-electron chi connectivity index (χ2n) is 7.96. The summed E-state index contributed by atoms with van der Waals surface area (Å²) in [5, 5.41) is 27.2. The molecule has 1 N–H and O–H groups in total. The molecule has 2 aromatic carbocycles. The highest BCUT2D eigenvalue weighted by Crippen LogP contribution is 2.26. The number of hydrogen-bond acceptors (Lipinski definition) is 6. The molecule has 0 spiro atoms. The van der Waals surface area contributed by atoms with Crippen molar-refractivity contribution in [2.45, 2.75) is 13.0 Å². The molecule has 0 aliphatic carbocycles. The number of carbonyl (C=O) groups excluding carboxylic acids is 2. The molecule has 0 saturated carbocycles. The second-order valence-corrected chi connectivity index (χ2v) is 8.88. The van der Waals surface area contributed by atoms with Gasteiger partial charge in [-0.2, -0.15) is 15.6 Å². The Bertz CT molecular complexity index is 1520. The Morgan fingerprint density at radius 3 is 2.69 bits per heavy atom. The number of carbonyl (C=O) groups is 2. The second kappa shape index (κ2) is 9.26. The molecule has 4 aromatic rings. The van der Waals surface area contributed by atoms with Gasteiger partial charge >= 0.3 is 0 Å². The van der Waals surface area contributed by atoms with Crippen molar-refractivity contribution in [3.63, 3.8) is 0 Å². The maximum Gasteiger partial charge on any atom is 0.277 e. The van der Waals surface area contributed by atoms with Gasteiger partial charge in [0.15, 0.2) is 0 Å². The SMILES string of the molecule is N#Cc1cccc(NC(=O)c2cnn3c2C(=O)N(c2ccc(Cc4ccsc4C#N)cc2)CC3)c1. The highest BCUT2D eigenvalue weighted by molar-refractivity contribution is 7.10. The lowest BCUT2D eigenvalue weighted by atomic mass is 10.0. The van der Waals surface area contributed by atoms with Crippen molar-refractivity contribution >= 4 is 34.5 Å². The topological polar surface area (TPSA) is 115 Å². The van der Waals surface area contributed by atoms with Crippen LogP contribution in [0.25, 0.3) is 0 Å². The van der Waals surface area contributed by atoms with E-state index in [0.29, 0.717) is 35.6 Å². The Morgan fingerprint density at radius 2 is 1.91 bits per heavy atom. The molecule has 0 unspecified atom stereocenters. The van der Waals surface area contributed by atoms with E-state index in [9.17, 15) is 14.9 Å². The molecular formula is C26H18N6O2S. The number of nitrogens with one attached hydrogen (secondary N) is 1. The quantitative estimate of drug-likeness (QED) is 0.462. The number of thiophene rings is 1. The first-order valence-corrected chi connectivity index (χ1v) is 11.7. The zero-order valence-electron chi connectivity index (χ0n) is 18.4. The smallest absolute Gasteiger partial charge is 0.277 e. The van der Waals surface area contributed by atoms with E-state index in [-0.39, 0.29) is 17.2 Å². The molecule has 0 saturated heterocycles. The van der Waals surface area contributed by atoms with E-state index in [2.05, 4.69) is 16.5 Å². The highest BCUT2D eigenvalue weighted by atomic mass is 32.1. The van der Waals surface area contributed by atoms with Crippen LogP contribution >= 0.6 is 11.3 Å². The number of aromatic nitrogens is 2. The molecule has 170 valence electrons. The van der Waals surface area contributed by atoms with Gasteiger partial charge in [0.05, 0.1) is 29.9 Å². The van der Waals surface area contributed by atoms with Gasteiger partial charge in [0.25, 0.3) is 11.8 Å². The van der Waals surface area contributed by atoms with Crippen LogP contribution in [0.3, 0.4) is 0 Å². The Hall–Kier alpha value is -4.73. The number of benzene rings is 2. The third-order valence-corrected chi connectivity index (χ3v) is 6.67. The van der Waals surface area contributed by atoms with Gasteiger partial charge in [-0.1, -0.05) is 18.2 Å². The summed E-state index contributed by atoms with van der Waals surface area (Å²) in [6.45, 7) is 0.891. The minimum atomic E-state index is -0.462. The van der Waals surface area contributed by atoms with Gasteiger partial charge in [-0.05, 0) is 59.3 Å². The molecule has 2 amide bonds. The largest absolute Gasteiger partial charge is 0.322 e. The zero-order valence-corrected chi connectivity index (χ0v) is 19.2. The molecule has 0 radical (unpaired) electrons. The van der Waals surface area contributed by atoms with E-state index in [1.165, 1.54) is 17.5 Å². The molecule has 8 nitrogen and oxygen atoms in total. The van der Waals surface area contributed by atoms with Gasteiger partial charge in [-0.25, -0.2) is 0 Å². The predicted molar refractivity (Wildman–Crippen MR) is 131 cm³/mol. The van der Waals surface area contributed by atoms with Crippen molar-refractivity contribution < 1.29 is 9.59 Å². The first-order valence-electron chi connectivity index (χ1n) is 10.8. The van der Waals surface area contributed by atoms with Gasteiger partial charge in [0.2, 0.25) is 0 Å². The van der Waals surface area contributed by atoms with Crippen molar-refractivity contribution in [2.75, 3.05) is 16.8 Å². The number of amides is 2. The molecule has 2 aromatic heterocycles. The zero-order chi connectivity index (χ0) is 24.4. The van der Waals surface area contributed by atoms with Crippen LogP contribution in [-0.4, -0.2) is 28.1 Å². The number of nitriles is 2. The first-order chi connectivity index (χ1) is 17.1. The van der Waals surface area contributed by atoms with Gasteiger partial charge in [0, 0.05) is 17.9 Å². The van der Waals surface area contributed by atoms with E-state index in [0.717, 1.165) is 16.8 Å². The van der Waals surface area contributed by atoms with Crippen LogP contribution in [0, 0.1) is 22.7 Å². The normalized spacial score (nSPS) is 12.5. The fraction of sp³-hybridized carbons (Fsp3) is 0.115. The van der Waals surface area contributed by atoms with Crippen molar-refractivity contribution in [3.8, 4) is 12.1 Å². The fourth-order valence-corrected chi connectivity index (χ4v) is 4.78. The summed E-state index contributed by atoms with van der Waals surface area (Å²) in [6, 6.07) is 20.4. The van der Waals surface area contributed by atoms with E-state index < -0.39 is 5.91 Å². The van der Waals surface area contributed by atoms with E-state index in [1.54, 1.807) is 33.8 Å². The Kier molecular flexibility index (Phi) is 5.84. The molecule has 1 aliphatic heterocycles. The van der Waals surface area contributed by atoms with Crippen molar-refractivity contribution in [1.82, 2.24) is 9.78 Å². The number of rotatable bonds is 5. The lowest BCUT2D eigenvalue weighted by molar-refractivity contribution is 0.0947. The van der Waals surface area contributed by atoms with Crippen molar-refractivity contribution in [2.24, 2.45) is 0 Å². The molecule has 35 heavy (non-hydrogen) atoms. The number of anilines is 2. The van der Waals surface area contributed by atoms with Crippen LogP contribution in [0.4, 0.5) is 11.4 Å². The van der Waals surface area contributed by atoms with Crippen LogP contribution in [0.15, 0.2) is 66.2 Å². The van der Waals surface area contributed by atoms with Crippen LogP contribution in [-0.2, 0) is 13.0 Å². The summed E-state index contributed by atoms with van der Waals surface area (Å²) in [4.78, 5) is 28.7. The van der Waals surface area contributed by atoms with Gasteiger partial charge in [0.1, 0.15) is 16.6 Å². The van der Waals surface area contributed by atoms with Crippen LogP contribution in [0.1, 0.15) is 42.4 Å². The Labute approximate surface area is 205 Å². The molecule has 0 bridgehead atoms. The van der Waals surface area contributed by atoms with Gasteiger partial charge < -0.3 is 10.2 Å². The molecule has 5 rings (SSSR count). The van der Waals surface area contributed by atoms with Crippen LogP contribution in [0.5, 0.6) is 0 Å². The molecule has 9 heteroatoms. The van der Waals surface area contributed by atoms with E-state index >= 15 is 0 Å². The van der Waals surface area contributed by atoms with Crippen molar-refractivity contribution in [1.29, 1.82) is 10.5 Å². The maximum atomic E-state index is 13.4. The predicted octanol–water partition coefficient (Wildman–Crippen LogP) is 4.19. The lowest BCUT2D eigenvalue weighted by Gasteiger charge is -2.28. The summed E-state index contributed by atoms with van der Waals surface area (Å²) >= 11 is 1.43. The molecule has 0 atom stereocenters. The number of fused-ring (bicyclic) bond motifs is 1. The third-order valence-electron chi connectivity index (χ3n) is 5.81. The summed E-state index contributed by atoms with van der Waals surface area (Å²) in [5.41, 5.74) is 4.05. The van der Waals surface area contributed by atoms with Crippen LogP contribution in [0.2, 0.25) is 0 Å². The summed E-state index contributed by atoms with van der Waals surface area (Å²) < 4.78 is 1.55. The highest BCUT2D eigenvalue weighted by Gasteiger charge is 2.32. The first kappa shape index (κ1) is 22.1. The Morgan fingerprint density at radius 1 is 1.09 bits per heavy atom. The lowest BCUT2D eigenvalue weighted by Crippen LogP contribution is -2.41. The monoisotopic (exact) mass is 478 g/mol. The van der Waals surface area contributed by atoms with Crippen molar-refractivity contribution in [3.05, 3.63) is 99.0 Å². The maximum absolute atomic E-state index is 13.4. The van der Waals surface area contributed by atoms with Gasteiger partial charge in [-0.15, -0.1) is 11.3 Å². The molecule has 0 fully saturated rings. The van der Waals surface area contributed by atoms with Crippen LogP contribution < -0.4 is 10.2 Å². The summed E-state index contributed by atoms with van der Waals surface area (Å²) in [5.74, 6) is -0.766. The average Bonchev–Trinajstić information content (AvgIpc) is 3.52. The van der Waals surface area contributed by atoms with E-state index in [4.69, 9.17) is 5.26 Å². The molecular weight excluding hydrogens is 460 g/mol. The molecule has 3 heterocycles. The Balaban J connectivity index is 1.35. The minimum Gasteiger partial charge on any atom is -0.322 e. The van der Waals surface area contributed by atoms with E-state index in [1.807, 2.05) is 41.8 Å². The molecule has 1 aliphatic rings. The third kappa shape index (κ3) is 4.29. The van der Waals surface area contributed by atoms with Gasteiger partial charge in [-0.3, -0.25) is 14.3 Å². The summed E-state index contributed by atoms with van der Waals surface area (Å²) in [6.07, 6.45) is 2.04. The minimum absolute atomic E-state index is 0.181. The fourth-order valence-electron chi connectivity index (χ4n) is 4.07. The number of hydrogen-bond donors (Lipinski definition) is 1. The standard InChI is InChI=1S/C26H18N6O2S/c27-14-18-2-1-3-20(13-18)30-25(33)22-16-29-32-10-9-31(26(34)24(22)32)21-6-4-17(5-7-21)12-19-8-11-35-23(19)15-28/h1-8,11,13,16H,9-10,12H2,(H,30,33). The number of nitrogens with zero attached hydrogens (tertiary/aromatic N) is 5. The average molecular weight is 479 g/mol.